The number of nitrogens with one attached hydrogen (secondary N) is 2. The van der Waals surface area contributed by atoms with Crippen LogP contribution in [0.25, 0.3) is 0 Å². The summed E-state index contributed by atoms with van der Waals surface area (Å²) < 4.78 is 7.82. The van der Waals surface area contributed by atoms with Gasteiger partial charge in [-0.1, -0.05) is 23.4 Å². The molecular weight excluding hydrogens is 378 g/mol. The standard InChI is InChI=1S/C20H27N5O2.ClH/c1-14-19(23-24-25(14)17-8-10-21-11-9-17)20(26)22-12-16-4-2-3-5-18(16)27-13-15-6-7-15;/h2-5,15,17,21H,6-13H2,1H3,(H,22,26);1H. The monoisotopic (exact) mass is 405 g/mol. The van der Waals surface area contributed by atoms with Crippen LogP contribution in [-0.4, -0.2) is 40.6 Å². The molecule has 8 heteroatoms. The maximum absolute atomic E-state index is 12.6. The second-order valence-electron chi connectivity index (χ2n) is 7.49. The van der Waals surface area contributed by atoms with Crippen LogP contribution in [0.3, 0.4) is 0 Å². The zero-order chi connectivity index (χ0) is 18.6. The van der Waals surface area contributed by atoms with E-state index in [4.69, 9.17) is 4.74 Å². The summed E-state index contributed by atoms with van der Waals surface area (Å²) in [6, 6.07) is 8.19. The van der Waals surface area contributed by atoms with Gasteiger partial charge in [0.2, 0.25) is 0 Å². The first-order chi connectivity index (χ1) is 13.2. The van der Waals surface area contributed by atoms with Crippen molar-refractivity contribution in [2.75, 3.05) is 19.7 Å². The molecule has 1 aliphatic heterocycles. The summed E-state index contributed by atoms with van der Waals surface area (Å²) in [5.74, 6) is 1.35. The fourth-order valence-corrected chi connectivity index (χ4v) is 3.49. The molecule has 2 aliphatic rings. The lowest BCUT2D eigenvalue weighted by molar-refractivity contribution is 0.0944. The van der Waals surface area contributed by atoms with Crippen LogP contribution in [0.5, 0.6) is 5.75 Å². The number of ether oxygens (including phenoxy) is 1. The number of piperidine rings is 1. The Bertz CT molecular complexity index is 800. The average molecular weight is 406 g/mol. The molecule has 1 aromatic heterocycles. The SMILES string of the molecule is Cc1c(C(=O)NCc2ccccc2OCC2CC2)nnn1C1CCNCC1.Cl. The maximum atomic E-state index is 12.6. The van der Waals surface area contributed by atoms with Crippen molar-refractivity contribution < 1.29 is 9.53 Å². The minimum atomic E-state index is -0.190. The van der Waals surface area contributed by atoms with Crippen molar-refractivity contribution >= 4 is 18.3 Å². The molecular formula is C20H28ClN5O2. The van der Waals surface area contributed by atoms with Crippen molar-refractivity contribution in [1.82, 2.24) is 25.6 Å². The molecule has 4 rings (SSSR count). The molecule has 1 saturated heterocycles. The van der Waals surface area contributed by atoms with Crippen LogP contribution in [0.1, 0.15) is 53.5 Å². The molecule has 1 aliphatic carbocycles. The van der Waals surface area contributed by atoms with E-state index in [1.165, 1.54) is 12.8 Å². The number of carbonyl (C=O) groups is 1. The van der Waals surface area contributed by atoms with E-state index in [0.29, 0.717) is 24.2 Å². The lowest BCUT2D eigenvalue weighted by Crippen LogP contribution is -2.30. The van der Waals surface area contributed by atoms with Crippen LogP contribution in [0.4, 0.5) is 0 Å². The normalized spacial score (nSPS) is 17.0. The fourth-order valence-electron chi connectivity index (χ4n) is 3.49. The largest absolute Gasteiger partial charge is 0.493 e. The summed E-state index contributed by atoms with van der Waals surface area (Å²) in [7, 11) is 0. The molecule has 0 unspecified atom stereocenters. The second-order valence-corrected chi connectivity index (χ2v) is 7.49. The van der Waals surface area contributed by atoms with Crippen molar-refractivity contribution in [2.24, 2.45) is 5.92 Å². The first kappa shape index (κ1) is 20.6. The Hall–Kier alpha value is -2.12. The number of aromatic nitrogens is 3. The van der Waals surface area contributed by atoms with Gasteiger partial charge in [0.25, 0.3) is 5.91 Å². The van der Waals surface area contributed by atoms with Gasteiger partial charge in [-0.15, -0.1) is 17.5 Å². The molecule has 0 bridgehead atoms. The van der Waals surface area contributed by atoms with Crippen molar-refractivity contribution in [3.05, 3.63) is 41.2 Å². The minimum Gasteiger partial charge on any atom is -0.493 e. The van der Waals surface area contributed by atoms with E-state index >= 15 is 0 Å². The number of carbonyl (C=O) groups excluding carboxylic acids is 1. The van der Waals surface area contributed by atoms with Gasteiger partial charge >= 0.3 is 0 Å². The maximum Gasteiger partial charge on any atom is 0.274 e. The third kappa shape index (κ3) is 4.83. The first-order valence-corrected chi connectivity index (χ1v) is 9.84. The molecule has 28 heavy (non-hydrogen) atoms. The third-order valence-corrected chi connectivity index (χ3v) is 5.38. The number of amides is 1. The van der Waals surface area contributed by atoms with Gasteiger partial charge in [-0.05, 0) is 57.7 Å². The lowest BCUT2D eigenvalue weighted by Gasteiger charge is -2.23. The number of halogens is 1. The summed E-state index contributed by atoms with van der Waals surface area (Å²) in [6.07, 6.45) is 4.53. The van der Waals surface area contributed by atoms with E-state index < -0.39 is 0 Å². The summed E-state index contributed by atoms with van der Waals surface area (Å²) in [6.45, 7) is 5.05. The van der Waals surface area contributed by atoms with Crippen LogP contribution >= 0.6 is 12.4 Å². The topological polar surface area (TPSA) is 81.1 Å². The fraction of sp³-hybridized carbons (Fsp3) is 0.550. The molecule has 7 nitrogen and oxygen atoms in total. The van der Waals surface area contributed by atoms with Gasteiger partial charge in [0.1, 0.15) is 5.75 Å². The summed E-state index contributed by atoms with van der Waals surface area (Å²) >= 11 is 0. The average Bonchev–Trinajstić information content (AvgIpc) is 3.46. The lowest BCUT2D eigenvalue weighted by atomic mass is 10.1. The highest BCUT2D eigenvalue weighted by molar-refractivity contribution is 5.93. The molecule has 2 aromatic rings. The quantitative estimate of drug-likeness (QED) is 0.740. The smallest absolute Gasteiger partial charge is 0.274 e. The van der Waals surface area contributed by atoms with E-state index in [1.807, 2.05) is 35.9 Å². The zero-order valence-corrected chi connectivity index (χ0v) is 17.0. The van der Waals surface area contributed by atoms with E-state index in [2.05, 4.69) is 20.9 Å². The van der Waals surface area contributed by atoms with Crippen molar-refractivity contribution in [3.63, 3.8) is 0 Å². The molecule has 0 spiro atoms. The molecule has 1 amide bonds. The van der Waals surface area contributed by atoms with Crippen LogP contribution < -0.4 is 15.4 Å². The van der Waals surface area contributed by atoms with E-state index in [9.17, 15) is 4.79 Å². The molecule has 1 aromatic carbocycles. The van der Waals surface area contributed by atoms with Gasteiger partial charge in [-0.3, -0.25) is 4.79 Å². The van der Waals surface area contributed by atoms with Crippen LogP contribution in [0.2, 0.25) is 0 Å². The number of hydrogen-bond acceptors (Lipinski definition) is 5. The highest BCUT2D eigenvalue weighted by Gasteiger charge is 2.24. The van der Waals surface area contributed by atoms with Gasteiger partial charge < -0.3 is 15.4 Å². The predicted molar refractivity (Wildman–Crippen MR) is 109 cm³/mol. The Balaban J connectivity index is 0.00000225. The van der Waals surface area contributed by atoms with E-state index in [1.54, 1.807) is 0 Å². The van der Waals surface area contributed by atoms with Gasteiger partial charge in [0.15, 0.2) is 5.69 Å². The Morgan fingerprint density at radius 2 is 2.00 bits per heavy atom. The van der Waals surface area contributed by atoms with Gasteiger partial charge in [-0.2, -0.15) is 0 Å². The molecule has 152 valence electrons. The zero-order valence-electron chi connectivity index (χ0n) is 16.2. The van der Waals surface area contributed by atoms with Gasteiger partial charge in [-0.25, -0.2) is 4.68 Å². The number of nitrogens with zero attached hydrogens (tertiary/aromatic N) is 3. The Morgan fingerprint density at radius 3 is 2.75 bits per heavy atom. The van der Waals surface area contributed by atoms with Crippen molar-refractivity contribution in [2.45, 2.75) is 45.2 Å². The minimum absolute atomic E-state index is 0. The highest BCUT2D eigenvalue weighted by Crippen LogP contribution is 2.30. The van der Waals surface area contributed by atoms with E-state index in [0.717, 1.165) is 49.5 Å². The van der Waals surface area contributed by atoms with E-state index in [-0.39, 0.29) is 18.3 Å². The van der Waals surface area contributed by atoms with Crippen LogP contribution in [0, 0.1) is 12.8 Å². The number of benzene rings is 1. The van der Waals surface area contributed by atoms with Crippen LogP contribution in [-0.2, 0) is 6.54 Å². The van der Waals surface area contributed by atoms with Gasteiger partial charge in [0, 0.05) is 12.1 Å². The Labute approximate surface area is 171 Å². The third-order valence-electron chi connectivity index (χ3n) is 5.38. The Kier molecular flexibility index (Phi) is 6.91. The predicted octanol–water partition coefficient (Wildman–Crippen LogP) is 2.65. The molecule has 0 atom stereocenters. The van der Waals surface area contributed by atoms with Gasteiger partial charge in [0.05, 0.1) is 18.3 Å². The Morgan fingerprint density at radius 1 is 1.25 bits per heavy atom. The molecule has 2 N–H and O–H groups in total. The highest BCUT2D eigenvalue weighted by atomic mass is 35.5. The summed E-state index contributed by atoms with van der Waals surface area (Å²) in [4.78, 5) is 12.6. The molecule has 2 heterocycles. The summed E-state index contributed by atoms with van der Waals surface area (Å²) in [5, 5.41) is 14.7. The first-order valence-electron chi connectivity index (χ1n) is 9.84. The summed E-state index contributed by atoms with van der Waals surface area (Å²) in [5.41, 5.74) is 2.22. The number of hydrogen-bond donors (Lipinski definition) is 2. The molecule has 0 radical (unpaired) electrons. The molecule has 1 saturated carbocycles. The number of para-hydroxylation sites is 1. The second kappa shape index (κ2) is 9.39. The van der Waals surface area contributed by atoms with Crippen molar-refractivity contribution in [1.29, 1.82) is 0 Å². The molecule has 2 fully saturated rings. The van der Waals surface area contributed by atoms with Crippen molar-refractivity contribution in [3.8, 4) is 5.75 Å². The van der Waals surface area contributed by atoms with Crippen LogP contribution in [0.15, 0.2) is 24.3 Å². The number of rotatable bonds is 7.